The Kier molecular flexibility index (Phi) is 3.40. The van der Waals surface area contributed by atoms with Crippen molar-refractivity contribution in [2.24, 2.45) is 0 Å². The van der Waals surface area contributed by atoms with Crippen LogP contribution in [0.4, 0.5) is 9.52 Å². The van der Waals surface area contributed by atoms with Gasteiger partial charge in [0, 0.05) is 12.6 Å². The fraction of sp³-hybridized carbons (Fsp3) is 0.417. The predicted molar refractivity (Wildman–Crippen MR) is 68.6 cm³/mol. The molecular formula is C12H13FN2O2S. The summed E-state index contributed by atoms with van der Waals surface area (Å²) in [6.07, 6.45) is 0.0579. The molecule has 0 aliphatic carbocycles. The van der Waals surface area contributed by atoms with Gasteiger partial charge in [0.1, 0.15) is 5.82 Å². The smallest absolute Gasteiger partial charge is 0.183 e. The maximum atomic E-state index is 13.0. The second kappa shape index (κ2) is 5.17. The van der Waals surface area contributed by atoms with E-state index in [4.69, 9.17) is 9.47 Å². The number of rotatable bonds is 3. The summed E-state index contributed by atoms with van der Waals surface area (Å²) in [5, 5.41) is 3.99. The Bertz CT molecular complexity index is 540. The van der Waals surface area contributed by atoms with Crippen LogP contribution in [0, 0.1) is 5.82 Å². The van der Waals surface area contributed by atoms with E-state index in [0.29, 0.717) is 31.9 Å². The summed E-state index contributed by atoms with van der Waals surface area (Å²) in [4.78, 5) is 4.33. The summed E-state index contributed by atoms with van der Waals surface area (Å²) in [5.74, 6) is -0.261. The van der Waals surface area contributed by atoms with Crippen LogP contribution in [0.15, 0.2) is 18.2 Å². The van der Waals surface area contributed by atoms with E-state index in [1.165, 1.54) is 23.5 Å². The maximum Gasteiger partial charge on any atom is 0.183 e. The van der Waals surface area contributed by atoms with Gasteiger partial charge in [-0.3, -0.25) is 0 Å². The van der Waals surface area contributed by atoms with Crippen LogP contribution in [0.5, 0.6) is 0 Å². The third kappa shape index (κ3) is 2.60. The number of ether oxygens (including phenoxy) is 2. The van der Waals surface area contributed by atoms with Crippen molar-refractivity contribution in [3.8, 4) is 0 Å². The van der Waals surface area contributed by atoms with Crippen LogP contribution in [0.2, 0.25) is 0 Å². The van der Waals surface area contributed by atoms with Crippen LogP contribution in [0.25, 0.3) is 10.2 Å². The summed E-state index contributed by atoms with van der Waals surface area (Å²) in [6, 6.07) is 4.63. The highest BCUT2D eigenvalue weighted by Gasteiger charge is 2.14. The van der Waals surface area contributed by atoms with Gasteiger partial charge in [0.15, 0.2) is 5.13 Å². The SMILES string of the molecule is Fc1ccc2sc(NCC3COCCO3)nc2c1. The minimum Gasteiger partial charge on any atom is -0.376 e. The van der Waals surface area contributed by atoms with E-state index >= 15 is 0 Å². The zero-order chi connectivity index (χ0) is 12.4. The van der Waals surface area contributed by atoms with Gasteiger partial charge in [0.05, 0.1) is 36.1 Å². The molecule has 1 fully saturated rings. The van der Waals surface area contributed by atoms with E-state index < -0.39 is 0 Å². The topological polar surface area (TPSA) is 43.4 Å². The number of anilines is 1. The third-order valence-corrected chi connectivity index (χ3v) is 3.71. The van der Waals surface area contributed by atoms with E-state index in [0.717, 1.165) is 9.83 Å². The minimum atomic E-state index is -0.261. The van der Waals surface area contributed by atoms with Crippen LogP contribution in [-0.2, 0) is 9.47 Å². The molecule has 96 valence electrons. The zero-order valence-corrected chi connectivity index (χ0v) is 10.5. The van der Waals surface area contributed by atoms with E-state index in [-0.39, 0.29) is 11.9 Å². The Hall–Kier alpha value is -1.24. The van der Waals surface area contributed by atoms with Crippen LogP contribution in [0.3, 0.4) is 0 Å². The van der Waals surface area contributed by atoms with Gasteiger partial charge in [0.2, 0.25) is 0 Å². The Labute approximate surface area is 108 Å². The Morgan fingerprint density at radius 2 is 2.39 bits per heavy atom. The molecular weight excluding hydrogens is 255 g/mol. The largest absolute Gasteiger partial charge is 0.376 e. The molecule has 1 saturated heterocycles. The molecule has 2 heterocycles. The molecule has 0 bridgehead atoms. The monoisotopic (exact) mass is 268 g/mol. The number of hydrogen-bond acceptors (Lipinski definition) is 5. The molecule has 3 rings (SSSR count). The van der Waals surface area contributed by atoms with Crippen LogP contribution in [0.1, 0.15) is 0 Å². The van der Waals surface area contributed by atoms with Gasteiger partial charge in [-0.2, -0.15) is 0 Å². The normalized spacial score (nSPS) is 20.2. The van der Waals surface area contributed by atoms with Crippen molar-refractivity contribution >= 4 is 26.7 Å². The average Bonchev–Trinajstić information content (AvgIpc) is 2.79. The first-order chi connectivity index (χ1) is 8.81. The van der Waals surface area contributed by atoms with Crippen molar-refractivity contribution in [3.05, 3.63) is 24.0 Å². The standard InChI is InChI=1S/C12H13FN2O2S/c13-8-1-2-11-10(5-8)15-12(18-11)14-6-9-7-16-3-4-17-9/h1-2,5,9H,3-4,6-7H2,(H,14,15). The number of hydrogen-bond donors (Lipinski definition) is 1. The third-order valence-electron chi connectivity index (χ3n) is 2.72. The van der Waals surface area contributed by atoms with Crippen molar-refractivity contribution in [2.45, 2.75) is 6.10 Å². The second-order valence-electron chi connectivity index (χ2n) is 4.08. The van der Waals surface area contributed by atoms with Crippen LogP contribution < -0.4 is 5.32 Å². The number of benzene rings is 1. The number of nitrogens with zero attached hydrogens (tertiary/aromatic N) is 1. The van der Waals surface area contributed by atoms with Crippen LogP contribution >= 0.6 is 11.3 Å². The van der Waals surface area contributed by atoms with Gasteiger partial charge in [-0.05, 0) is 12.1 Å². The van der Waals surface area contributed by atoms with Gasteiger partial charge in [-0.1, -0.05) is 11.3 Å². The summed E-state index contributed by atoms with van der Waals surface area (Å²) >= 11 is 1.51. The van der Waals surface area contributed by atoms with E-state index in [1.807, 2.05) is 0 Å². The molecule has 0 amide bonds. The van der Waals surface area contributed by atoms with Gasteiger partial charge < -0.3 is 14.8 Å². The van der Waals surface area contributed by atoms with E-state index in [2.05, 4.69) is 10.3 Å². The second-order valence-corrected chi connectivity index (χ2v) is 5.11. The maximum absolute atomic E-state index is 13.0. The highest BCUT2D eigenvalue weighted by atomic mass is 32.1. The molecule has 1 atom stereocenters. The van der Waals surface area contributed by atoms with E-state index in [9.17, 15) is 4.39 Å². The Morgan fingerprint density at radius 3 is 3.22 bits per heavy atom. The Morgan fingerprint density at radius 1 is 1.44 bits per heavy atom. The lowest BCUT2D eigenvalue weighted by Gasteiger charge is -2.22. The number of halogens is 1. The fourth-order valence-electron chi connectivity index (χ4n) is 1.83. The van der Waals surface area contributed by atoms with Crippen LogP contribution in [-0.4, -0.2) is 37.5 Å². The zero-order valence-electron chi connectivity index (χ0n) is 9.69. The lowest BCUT2D eigenvalue weighted by molar-refractivity contribution is -0.0818. The molecule has 1 unspecified atom stereocenters. The van der Waals surface area contributed by atoms with Gasteiger partial charge in [-0.25, -0.2) is 9.37 Å². The average molecular weight is 268 g/mol. The van der Waals surface area contributed by atoms with Crippen molar-refractivity contribution in [2.75, 3.05) is 31.7 Å². The van der Waals surface area contributed by atoms with E-state index in [1.54, 1.807) is 6.07 Å². The first kappa shape index (κ1) is 11.8. The molecule has 6 heteroatoms. The molecule has 1 N–H and O–H groups in total. The molecule has 0 radical (unpaired) electrons. The first-order valence-electron chi connectivity index (χ1n) is 5.80. The predicted octanol–water partition coefficient (Wildman–Crippen LogP) is 2.26. The van der Waals surface area contributed by atoms with Gasteiger partial charge >= 0.3 is 0 Å². The molecule has 2 aromatic rings. The molecule has 0 spiro atoms. The molecule has 0 saturated carbocycles. The quantitative estimate of drug-likeness (QED) is 0.927. The summed E-state index contributed by atoms with van der Waals surface area (Å²) < 4.78 is 24.8. The molecule has 1 aromatic heterocycles. The summed E-state index contributed by atoms with van der Waals surface area (Å²) in [7, 11) is 0. The molecule has 1 aliphatic heterocycles. The number of thiazole rings is 1. The first-order valence-corrected chi connectivity index (χ1v) is 6.62. The minimum absolute atomic E-state index is 0.0579. The molecule has 1 aromatic carbocycles. The fourth-order valence-corrected chi connectivity index (χ4v) is 2.68. The molecule has 4 nitrogen and oxygen atoms in total. The van der Waals surface area contributed by atoms with Gasteiger partial charge in [0.25, 0.3) is 0 Å². The van der Waals surface area contributed by atoms with Crippen molar-refractivity contribution < 1.29 is 13.9 Å². The van der Waals surface area contributed by atoms with Crippen molar-refractivity contribution in [3.63, 3.8) is 0 Å². The lowest BCUT2D eigenvalue weighted by Crippen LogP contribution is -2.34. The highest BCUT2D eigenvalue weighted by molar-refractivity contribution is 7.22. The summed E-state index contributed by atoms with van der Waals surface area (Å²) in [5.41, 5.74) is 0.684. The van der Waals surface area contributed by atoms with Crippen molar-refractivity contribution in [1.82, 2.24) is 4.98 Å². The molecule has 18 heavy (non-hydrogen) atoms. The molecule has 1 aliphatic rings. The van der Waals surface area contributed by atoms with Crippen molar-refractivity contribution in [1.29, 1.82) is 0 Å². The lowest BCUT2D eigenvalue weighted by atomic mass is 10.3. The number of aromatic nitrogens is 1. The number of fused-ring (bicyclic) bond motifs is 1. The number of nitrogens with one attached hydrogen (secondary N) is 1. The summed E-state index contributed by atoms with van der Waals surface area (Å²) in [6.45, 7) is 2.56. The van der Waals surface area contributed by atoms with Gasteiger partial charge in [-0.15, -0.1) is 0 Å². The highest BCUT2D eigenvalue weighted by Crippen LogP contribution is 2.26. The Balaban J connectivity index is 1.67.